The summed E-state index contributed by atoms with van der Waals surface area (Å²) in [6.07, 6.45) is 4.12. The van der Waals surface area contributed by atoms with Gasteiger partial charge in [-0.3, -0.25) is 4.79 Å². The summed E-state index contributed by atoms with van der Waals surface area (Å²) in [5, 5.41) is 3.50. The number of ether oxygens (including phenoxy) is 1. The van der Waals surface area contributed by atoms with Gasteiger partial charge in [-0.2, -0.15) is 0 Å². The molecule has 1 saturated carbocycles. The SMILES string of the molecule is COC(=O)CCNC1CC(C)(C)CC(C)(C)C1. The summed E-state index contributed by atoms with van der Waals surface area (Å²) in [7, 11) is 1.44. The molecule has 1 fully saturated rings. The highest BCUT2D eigenvalue weighted by atomic mass is 16.5. The molecular formula is C14H27NO2. The molecule has 1 aliphatic carbocycles. The summed E-state index contributed by atoms with van der Waals surface area (Å²) in [4.78, 5) is 11.0. The van der Waals surface area contributed by atoms with Crippen molar-refractivity contribution in [2.24, 2.45) is 10.8 Å². The zero-order chi connectivity index (χ0) is 13.1. The van der Waals surface area contributed by atoms with Crippen molar-refractivity contribution in [3.8, 4) is 0 Å². The molecule has 0 bridgehead atoms. The molecule has 1 N–H and O–H groups in total. The number of carbonyl (C=O) groups excluding carboxylic acids is 1. The van der Waals surface area contributed by atoms with E-state index in [1.54, 1.807) is 0 Å². The Morgan fingerprint density at radius 3 is 2.24 bits per heavy atom. The summed E-state index contributed by atoms with van der Waals surface area (Å²) in [5.74, 6) is -0.133. The third kappa shape index (κ3) is 5.07. The second-order valence-corrected chi connectivity index (χ2v) is 6.89. The molecule has 0 aromatic heterocycles. The van der Waals surface area contributed by atoms with E-state index in [4.69, 9.17) is 0 Å². The summed E-state index contributed by atoms with van der Waals surface area (Å²) >= 11 is 0. The number of hydrogen-bond donors (Lipinski definition) is 1. The number of nitrogens with one attached hydrogen (secondary N) is 1. The number of rotatable bonds is 4. The van der Waals surface area contributed by atoms with Crippen molar-refractivity contribution in [3.05, 3.63) is 0 Å². The lowest BCUT2D eigenvalue weighted by molar-refractivity contribution is -0.140. The average molecular weight is 241 g/mol. The molecule has 0 spiro atoms. The predicted molar refractivity (Wildman–Crippen MR) is 69.8 cm³/mol. The molecule has 0 amide bonds. The van der Waals surface area contributed by atoms with E-state index in [-0.39, 0.29) is 5.97 Å². The fourth-order valence-electron chi connectivity index (χ4n) is 3.47. The van der Waals surface area contributed by atoms with Gasteiger partial charge in [0.25, 0.3) is 0 Å². The van der Waals surface area contributed by atoms with Crippen molar-refractivity contribution in [2.45, 2.75) is 59.4 Å². The number of hydrogen-bond acceptors (Lipinski definition) is 3. The molecule has 0 unspecified atom stereocenters. The molecule has 0 heterocycles. The molecule has 100 valence electrons. The van der Waals surface area contributed by atoms with Crippen LogP contribution in [0.25, 0.3) is 0 Å². The topological polar surface area (TPSA) is 38.3 Å². The Bertz CT molecular complexity index is 255. The van der Waals surface area contributed by atoms with Crippen LogP contribution in [0, 0.1) is 10.8 Å². The van der Waals surface area contributed by atoms with E-state index < -0.39 is 0 Å². The highest BCUT2D eigenvalue weighted by molar-refractivity contribution is 5.69. The third-order valence-electron chi connectivity index (χ3n) is 3.54. The quantitative estimate of drug-likeness (QED) is 0.769. The molecule has 0 aromatic rings. The van der Waals surface area contributed by atoms with E-state index in [0.717, 1.165) is 6.54 Å². The van der Waals surface area contributed by atoms with Crippen molar-refractivity contribution in [1.82, 2.24) is 5.32 Å². The Balaban J connectivity index is 2.40. The second-order valence-electron chi connectivity index (χ2n) is 6.89. The fraction of sp³-hybridized carbons (Fsp3) is 0.929. The van der Waals surface area contributed by atoms with E-state index in [2.05, 4.69) is 37.7 Å². The van der Waals surface area contributed by atoms with E-state index >= 15 is 0 Å². The van der Waals surface area contributed by atoms with Crippen LogP contribution in [0.4, 0.5) is 0 Å². The summed E-state index contributed by atoms with van der Waals surface area (Å²) in [6, 6.07) is 0.526. The van der Waals surface area contributed by atoms with Gasteiger partial charge in [0.2, 0.25) is 0 Å². The minimum absolute atomic E-state index is 0.133. The number of carbonyl (C=O) groups is 1. The second kappa shape index (κ2) is 5.38. The van der Waals surface area contributed by atoms with Crippen LogP contribution in [-0.4, -0.2) is 25.7 Å². The smallest absolute Gasteiger partial charge is 0.306 e. The molecule has 3 heteroatoms. The molecule has 1 rings (SSSR count). The highest BCUT2D eigenvalue weighted by Gasteiger charge is 2.38. The molecule has 0 aromatic carbocycles. The average Bonchev–Trinajstić information content (AvgIpc) is 2.12. The van der Waals surface area contributed by atoms with Gasteiger partial charge >= 0.3 is 5.97 Å². The van der Waals surface area contributed by atoms with Gasteiger partial charge in [-0.15, -0.1) is 0 Å². The fourth-order valence-corrected chi connectivity index (χ4v) is 3.47. The van der Waals surface area contributed by atoms with Crippen molar-refractivity contribution in [2.75, 3.05) is 13.7 Å². The monoisotopic (exact) mass is 241 g/mol. The molecule has 17 heavy (non-hydrogen) atoms. The number of methoxy groups -OCH3 is 1. The van der Waals surface area contributed by atoms with Crippen LogP contribution >= 0.6 is 0 Å². The first-order valence-electron chi connectivity index (χ1n) is 6.54. The minimum Gasteiger partial charge on any atom is -0.469 e. The zero-order valence-corrected chi connectivity index (χ0v) is 11.9. The van der Waals surface area contributed by atoms with Crippen LogP contribution in [0.15, 0.2) is 0 Å². The maximum Gasteiger partial charge on any atom is 0.306 e. The van der Waals surface area contributed by atoms with Crippen LogP contribution in [0.3, 0.4) is 0 Å². The lowest BCUT2D eigenvalue weighted by Crippen LogP contribution is -2.44. The van der Waals surface area contributed by atoms with Gasteiger partial charge in [0.1, 0.15) is 0 Å². The minimum atomic E-state index is -0.133. The largest absolute Gasteiger partial charge is 0.469 e. The molecule has 0 radical (unpaired) electrons. The first-order valence-corrected chi connectivity index (χ1v) is 6.54. The van der Waals surface area contributed by atoms with Gasteiger partial charge in [-0.1, -0.05) is 27.7 Å². The van der Waals surface area contributed by atoms with Crippen molar-refractivity contribution in [1.29, 1.82) is 0 Å². The summed E-state index contributed by atoms with van der Waals surface area (Å²) in [5.41, 5.74) is 0.787. The predicted octanol–water partition coefficient (Wildman–Crippen LogP) is 2.74. The van der Waals surface area contributed by atoms with Gasteiger partial charge < -0.3 is 10.1 Å². The van der Waals surface area contributed by atoms with Crippen LogP contribution in [0.2, 0.25) is 0 Å². The van der Waals surface area contributed by atoms with Crippen molar-refractivity contribution < 1.29 is 9.53 Å². The third-order valence-corrected chi connectivity index (χ3v) is 3.54. The normalized spacial score (nSPS) is 23.4. The van der Waals surface area contributed by atoms with Gasteiger partial charge in [0.15, 0.2) is 0 Å². The standard InChI is InChI=1S/C14H27NO2/c1-13(2)8-11(9-14(3,4)10-13)15-7-6-12(16)17-5/h11,15H,6-10H2,1-5H3. The maximum atomic E-state index is 11.0. The van der Waals surface area contributed by atoms with Gasteiger partial charge in [0.05, 0.1) is 13.5 Å². The highest BCUT2D eigenvalue weighted by Crippen LogP contribution is 2.45. The van der Waals surface area contributed by atoms with Gasteiger partial charge in [0, 0.05) is 12.6 Å². The van der Waals surface area contributed by atoms with E-state index in [9.17, 15) is 4.79 Å². The number of esters is 1. The molecule has 3 nitrogen and oxygen atoms in total. The Kier molecular flexibility index (Phi) is 4.59. The van der Waals surface area contributed by atoms with Crippen LogP contribution in [-0.2, 0) is 9.53 Å². The Hall–Kier alpha value is -0.570. The first kappa shape index (κ1) is 14.5. The van der Waals surface area contributed by atoms with Crippen molar-refractivity contribution in [3.63, 3.8) is 0 Å². The first-order chi connectivity index (χ1) is 7.74. The van der Waals surface area contributed by atoms with Crippen LogP contribution in [0.1, 0.15) is 53.4 Å². The Morgan fingerprint density at radius 1 is 1.24 bits per heavy atom. The van der Waals surface area contributed by atoms with Gasteiger partial charge in [-0.05, 0) is 30.1 Å². The van der Waals surface area contributed by atoms with Crippen LogP contribution < -0.4 is 5.32 Å². The van der Waals surface area contributed by atoms with Gasteiger partial charge in [-0.25, -0.2) is 0 Å². The van der Waals surface area contributed by atoms with Crippen molar-refractivity contribution >= 4 is 5.97 Å². The zero-order valence-electron chi connectivity index (χ0n) is 11.9. The maximum absolute atomic E-state index is 11.0. The molecule has 0 saturated heterocycles. The molecule has 0 aliphatic heterocycles. The Morgan fingerprint density at radius 2 is 1.76 bits per heavy atom. The van der Waals surface area contributed by atoms with E-state index in [1.807, 2.05) is 0 Å². The van der Waals surface area contributed by atoms with E-state index in [0.29, 0.717) is 23.3 Å². The van der Waals surface area contributed by atoms with E-state index in [1.165, 1.54) is 26.4 Å². The summed E-state index contributed by atoms with van der Waals surface area (Å²) < 4.78 is 4.64. The molecule has 1 aliphatic rings. The molecular weight excluding hydrogens is 214 g/mol. The lowest BCUT2D eigenvalue weighted by atomic mass is 9.63. The summed E-state index contributed by atoms with van der Waals surface area (Å²) in [6.45, 7) is 10.1. The molecule has 0 atom stereocenters. The van der Waals surface area contributed by atoms with Crippen LogP contribution in [0.5, 0.6) is 0 Å². The lowest BCUT2D eigenvalue weighted by Gasteiger charge is -2.45. The Labute approximate surface area is 105 Å².